The summed E-state index contributed by atoms with van der Waals surface area (Å²) < 4.78 is 0. The fourth-order valence-electron chi connectivity index (χ4n) is 2.25. The molecule has 0 spiro atoms. The molecule has 0 saturated heterocycles. The zero-order valence-corrected chi connectivity index (χ0v) is 12.1. The van der Waals surface area contributed by atoms with Crippen LogP contribution in [0.3, 0.4) is 0 Å². The smallest absolute Gasteiger partial charge is 0.219 e. The number of aryl methyl sites for hydroxylation is 1. The maximum absolute atomic E-state index is 10.9. The van der Waals surface area contributed by atoms with Gasteiger partial charge in [0.15, 0.2) is 0 Å². The maximum Gasteiger partial charge on any atom is 0.219 e. The zero-order chi connectivity index (χ0) is 15.1. The van der Waals surface area contributed by atoms with Gasteiger partial charge >= 0.3 is 0 Å². The van der Waals surface area contributed by atoms with Crippen LogP contribution in [0.5, 0.6) is 0 Å². The van der Waals surface area contributed by atoms with Crippen LogP contribution < -0.4 is 16.4 Å². The van der Waals surface area contributed by atoms with E-state index in [2.05, 4.69) is 17.9 Å². The lowest BCUT2D eigenvalue weighted by Crippen LogP contribution is -2.24. The first-order chi connectivity index (χ1) is 9.49. The molecule has 0 aliphatic carbocycles. The van der Waals surface area contributed by atoms with Crippen molar-refractivity contribution in [3.63, 3.8) is 0 Å². The van der Waals surface area contributed by atoms with E-state index in [0.717, 1.165) is 23.4 Å². The van der Waals surface area contributed by atoms with Crippen LogP contribution in [0.2, 0.25) is 0 Å². The third-order valence-corrected chi connectivity index (χ3v) is 3.31. The first-order valence-corrected chi connectivity index (χ1v) is 6.75. The quantitative estimate of drug-likeness (QED) is 0.789. The third-order valence-electron chi connectivity index (χ3n) is 3.31. The van der Waals surface area contributed by atoms with Crippen molar-refractivity contribution < 1.29 is 4.79 Å². The highest BCUT2D eigenvalue weighted by Gasteiger charge is 2.13. The van der Waals surface area contributed by atoms with Gasteiger partial charge in [0.25, 0.3) is 0 Å². The predicted octanol–water partition coefficient (Wildman–Crippen LogP) is 1.61. The molecule has 0 aromatic heterocycles. The van der Waals surface area contributed by atoms with E-state index in [1.54, 1.807) is 0 Å². The molecular formula is C15H22N4O. The minimum atomic E-state index is -0.398. The van der Waals surface area contributed by atoms with E-state index in [1.165, 1.54) is 0 Å². The van der Waals surface area contributed by atoms with Crippen molar-refractivity contribution in [1.82, 2.24) is 0 Å². The van der Waals surface area contributed by atoms with E-state index in [4.69, 9.17) is 16.7 Å². The van der Waals surface area contributed by atoms with E-state index in [1.807, 2.05) is 25.1 Å². The number of nitrogens with zero attached hydrogens (tertiary/aromatic N) is 2. The highest BCUT2D eigenvalue weighted by Crippen LogP contribution is 2.24. The van der Waals surface area contributed by atoms with E-state index < -0.39 is 5.91 Å². The fourth-order valence-corrected chi connectivity index (χ4v) is 2.25. The SMILES string of the molecule is CCN(CCC#N)c1ccc(C(N)CC(N)=O)c(C)c1. The average molecular weight is 274 g/mol. The molecule has 5 heteroatoms. The summed E-state index contributed by atoms with van der Waals surface area (Å²) in [6, 6.07) is 7.74. The lowest BCUT2D eigenvalue weighted by atomic mass is 9.98. The van der Waals surface area contributed by atoms with Crippen molar-refractivity contribution >= 4 is 11.6 Å². The van der Waals surface area contributed by atoms with E-state index in [-0.39, 0.29) is 12.5 Å². The summed E-state index contributed by atoms with van der Waals surface area (Å²) in [5, 5.41) is 8.68. The van der Waals surface area contributed by atoms with Gasteiger partial charge in [-0.05, 0) is 37.1 Å². The van der Waals surface area contributed by atoms with Gasteiger partial charge in [-0.2, -0.15) is 5.26 Å². The van der Waals surface area contributed by atoms with Crippen molar-refractivity contribution in [1.29, 1.82) is 5.26 Å². The lowest BCUT2D eigenvalue weighted by Gasteiger charge is -2.23. The summed E-state index contributed by atoms with van der Waals surface area (Å²) in [6.45, 7) is 5.57. The molecule has 0 heterocycles. The van der Waals surface area contributed by atoms with Crippen LogP contribution in [0.25, 0.3) is 0 Å². The largest absolute Gasteiger partial charge is 0.371 e. The number of primary amides is 1. The summed E-state index contributed by atoms with van der Waals surface area (Å²) in [7, 11) is 0. The summed E-state index contributed by atoms with van der Waals surface area (Å²) in [5.74, 6) is -0.398. The van der Waals surface area contributed by atoms with Crippen molar-refractivity contribution in [3.8, 4) is 6.07 Å². The Morgan fingerprint density at radius 2 is 2.20 bits per heavy atom. The van der Waals surface area contributed by atoms with Crippen molar-refractivity contribution in [2.75, 3.05) is 18.0 Å². The summed E-state index contributed by atoms with van der Waals surface area (Å²) in [4.78, 5) is 13.1. The second kappa shape index (κ2) is 7.51. The van der Waals surface area contributed by atoms with Crippen LogP contribution >= 0.6 is 0 Å². The fraction of sp³-hybridized carbons (Fsp3) is 0.467. The summed E-state index contributed by atoms with van der Waals surface area (Å²) >= 11 is 0. The van der Waals surface area contributed by atoms with Gasteiger partial charge in [-0.25, -0.2) is 0 Å². The van der Waals surface area contributed by atoms with Crippen LogP contribution in [0.1, 0.15) is 36.9 Å². The molecule has 1 aromatic carbocycles. The first kappa shape index (κ1) is 16.0. The molecule has 1 aromatic rings. The molecule has 1 unspecified atom stereocenters. The van der Waals surface area contributed by atoms with Gasteiger partial charge in [-0.1, -0.05) is 6.07 Å². The number of benzene rings is 1. The van der Waals surface area contributed by atoms with Crippen LogP contribution in [-0.2, 0) is 4.79 Å². The molecule has 0 saturated carbocycles. The molecule has 4 N–H and O–H groups in total. The first-order valence-electron chi connectivity index (χ1n) is 6.75. The van der Waals surface area contributed by atoms with Crippen LogP contribution in [-0.4, -0.2) is 19.0 Å². The second-order valence-electron chi connectivity index (χ2n) is 4.81. The molecule has 0 bridgehead atoms. The molecular weight excluding hydrogens is 252 g/mol. The minimum absolute atomic E-state index is 0.145. The number of hydrogen-bond acceptors (Lipinski definition) is 4. The Morgan fingerprint density at radius 3 is 2.70 bits per heavy atom. The van der Waals surface area contributed by atoms with Crippen LogP contribution in [0.15, 0.2) is 18.2 Å². The number of nitrogens with two attached hydrogens (primary N) is 2. The molecule has 0 fully saturated rings. The number of anilines is 1. The third kappa shape index (κ3) is 4.25. The summed E-state index contributed by atoms with van der Waals surface area (Å²) in [6.07, 6.45) is 0.641. The maximum atomic E-state index is 10.9. The van der Waals surface area contributed by atoms with Crippen molar-refractivity contribution in [3.05, 3.63) is 29.3 Å². The number of nitriles is 1. The number of amides is 1. The van der Waals surface area contributed by atoms with Gasteiger partial charge in [-0.15, -0.1) is 0 Å². The molecule has 5 nitrogen and oxygen atoms in total. The second-order valence-corrected chi connectivity index (χ2v) is 4.81. The number of carbonyl (C=O) groups is 1. The highest BCUT2D eigenvalue weighted by molar-refractivity contribution is 5.74. The summed E-state index contributed by atoms with van der Waals surface area (Å²) in [5.41, 5.74) is 14.2. The van der Waals surface area contributed by atoms with Gasteiger partial charge in [0.1, 0.15) is 0 Å². The topological polar surface area (TPSA) is 96.1 Å². The number of rotatable bonds is 7. The van der Waals surface area contributed by atoms with Crippen molar-refractivity contribution in [2.45, 2.75) is 32.7 Å². The molecule has 1 rings (SSSR count). The number of hydrogen-bond donors (Lipinski definition) is 2. The molecule has 0 aliphatic heterocycles. The van der Waals surface area contributed by atoms with Gasteiger partial charge in [0.2, 0.25) is 5.91 Å². The molecule has 108 valence electrons. The van der Waals surface area contributed by atoms with Crippen molar-refractivity contribution in [2.24, 2.45) is 11.5 Å². The Labute approximate surface area is 120 Å². The van der Waals surface area contributed by atoms with Gasteiger partial charge in [0, 0.05) is 31.2 Å². The Bertz CT molecular complexity index is 507. The standard InChI is InChI=1S/C15H22N4O/c1-3-19(8-4-7-16)12-5-6-13(11(2)9-12)14(17)10-15(18)20/h5-6,9,14H,3-4,8,10,17H2,1-2H3,(H2,18,20). The van der Waals surface area contributed by atoms with Crippen LogP contribution in [0.4, 0.5) is 5.69 Å². The highest BCUT2D eigenvalue weighted by atomic mass is 16.1. The normalized spacial score (nSPS) is 11.7. The Balaban J connectivity index is 2.91. The Morgan fingerprint density at radius 1 is 1.50 bits per heavy atom. The van der Waals surface area contributed by atoms with Crippen LogP contribution in [0, 0.1) is 18.3 Å². The molecule has 0 radical (unpaired) electrons. The monoisotopic (exact) mass is 274 g/mol. The number of carbonyl (C=O) groups excluding carboxylic acids is 1. The van der Waals surface area contributed by atoms with Gasteiger partial charge < -0.3 is 16.4 Å². The average Bonchev–Trinajstić information content (AvgIpc) is 2.38. The Kier molecular flexibility index (Phi) is 6.01. The molecule has 1 atom stereocenters. The predicted molar refractivity (Wildman–Crippen MR) is 80.0 cm³/mol. The minimum Gasteiger partial charge on any atom is -0.371 e. The van der Waals surface area contributed by atoms with Gasteiger partial charge in [0.05, 0.1) is 12.5 Å². The molecule has 20 heavy (non-hydrogen) atoms. The van der Waals surface area contributed by atoms with Gasteiger partial charge in [-0.3, -0.25) is 4.79 Å². The Hall–Kier alpha value is -2.06. The zero-order valence-electron chi connectivity index (χ0n) is 12.1. The van der Waals surface area contributed by atoms with E-state index >= 15 is 0 Å². The lowest BCUT2D eigenvalue weighted by molar-refractivity contribution is -0.118. The van der Waals surface area contributed by atoms with E-state index in [9.17, 15) is 4.79 Å². The molecule has 0 aliphatic rings. The molecule has 1 amide bonds. The van der Waals surface area contributed by atoms with E-state index in [0.29, 0.717) is 13.0 Å².